The van der Waals surface area contributed by atoms with Gasteiger partial charge in [-0.15, -0.1) is 0 Å². The van der Waals surface area contributed by atoms with Crippen molar-refractivity contribution in [1.29, 1.82) is 0 Å². The second kappa shape index (κ2) is 7.87. The molecule has 0 unspecified atom stereocenters. The fourth-order valence-corrected chi connectivity index (χ4v) is 4.17. The highest BCUT2D eigenvalue weighted by Crippen LogP contribution is 2.20. The number of halogens is 2. The summed E-state index contributed by atoms with van der Waals surface area (Å²) in [7, 11) is -3.70. The summed E-state index contributed by atoms with van der Waals surface area (Å²) < 4.78 is 50.9. The van der Waals surface area contributed by atoms with E-state index in [1.165, 1.54) is 28.7 Å². The number of carbonyl (C=O) groups is 1. The first-order valence-electron chi connectivity index (χ1n) is 7.75. The molecule has 0 aliphatic carbocycles. The first kappa shape index (κ1) is 19.0. The minimum absolute atomic E-state index is 0.0191. The number of H-pyrrole nitrogens is 1. The van der Waals surface area contributed by atoms with Crippen LogP contribution in [0.3, 0.4) is 0 Å². The Morgan fingerprint density at radius 3 is 2.73 bits per heavy atom. The molecule has 3 rings (SSSR count). The summed E-state index contributed by atoms with van der Waals surface area (Å²) in [6.45, 7) is 0.920. The summed E-state index contributed by atoms with van der Waals surface area (Å²) in [4.78, 5) is 14.7. The van der Waals surface area contributed by atoms with E-state index in [0.717, 1.165) is 0 Å². The van der Waals surface area contributed by atoms with Crippen LogP contribution in [0.1, 0.15) is 16.1 Å². The fraction of sp³-hybridized carbons (Fsp3) is 0.312. The smallest absolute Gasteiger partial charge is 0.355 e. The van der Waals surface area contributed by atoms with Crippen LogP contribution >= 0.6 is 15.9 Å². The maximum atomic E-state index is 13.7. The summed E-state index contributed by atoms with van der Waals surface area (Å²) in [6, 6.07) is 5.61. The maximum Gasteiger partial charge on any atom is 0.355 e. The number of nitrogens with one attached hydrogen (secondary N) is 1. The third kappa shape index (κ3) is 4.14. The Morgan fingerprint density at radius 2 is 2.04 bits per heavy atom. The zero-order chi connectivity index (χ0) is 18.7. The summed E-state index contributed by atoms with van der Waals surface area (Å²) >= 11 is 3.15. The Labute approximate surface area is 158 Å². The van der Waals surface area contributed by atoms with Crippen molar-refractivity contribution in [2.24, 2.45) is 0 Å². The standard InChI is InChI=1S/C16H16BrFN2O5S/c17-12-2-1-11(14(18)7-12)10-25-16(21)15-8-13(9-19-15)26(22,23)20-3-5-24-6-4-20/h1-2,7-9,19H,3-6,10H2. The van der Waals surface area contributed by atoms with Crippen LogP contribution in [0.5, 0.6) is 0 Å². The normalized spacial score (nSPS) is 15.8. The Balaban J connectivity index is 1.67. The van der Waals surface area contributed by atoms with Gasteiger partial charge in [-0.05, 0) is 18.2 Å². The second-order valence-corrected chi connectivity index (χ2v) is 8.43. The number of sulfonamides is 1. The van der Waals surface area contributed by atoms with Gasteiger partial charge in [-0.3, -0.25) is 0 Å². The summed E-state index contributed by atoms with van der Waals surface area (Å²) in [5.74, 6) is -1.27. The van der Waals surface area contributed by atoms with Crippen molar-refractivity contribution in [2.45, 2.75) is 11.5 Å². The molecule has 2 aromatic rings. The van der Waals surface area contributed by atoms with E-state index >= 15 is 0 Å². The lowest BCUT2D eigenvalue weighted by Crippen LogP contribution is -2.40. The predicted octanol–water partition coefficient (Wildman–Crippen LogP) is 2.29. The molecule has 1 aromatic carbocycles. The number of benzene rings is 1. The van der Waals surface area contributed by atoms with Gasteiger partial charge < -0.3 is 14.5 Å². The summed E-state index contributed by atoms with van der Waals surface area (Å²) in [6.07, 6.45) is 1.24. The molecule has 7 nitrogen and oxygen atoms in total. The first-order valence-corrected chi connectivity index (χ1v) is 9.98. The number of rotatable bonds is 5. The Bertz CT molecular complexity index is 909. The lowest BCUT2D eigenvalue weighted by atomic mass is 10.2. The van der Waals surface area contributed by atoms with E-state index in [0.29, 0.717) is 17.7 Å². The van der Waals surface area contributed by atoms with E-state index < -0.39 is 21.8 Å². The van der Waals surface area contributed by atoms with E-state index in [9.17, 15) is 17.6 Å². The van der Waals surface area contributed by atoms with E-state index in [1.54, 1.807) is 6.07 Å². The highest BCUT2D eigenvalue weighted by Gasteiger charge is 2.28. The average Bonchev–Trinajstić information content (AvgIpc) is 3.12. The van der Waals surface area contributed by atoms with Crippen LogP contribution in [0.2, 0.25) is 0 Å². The molecule has 2 heterocycles. The summed E-state index contributed by atoms with van der Waals surface area (Å²) in [5.41, 5.74) is 0.198. The minimum Gasteiger partial charge on any atom is -0.456 e. The number of esters is 1. The Kier molecular flexibility index (Phi) is 5.76. The number of carbonyl (C=O) groups excluding carboxylic acids is 1. The molecule has 1 aliphatic rings. The molecule has 0 radical (unpaired) electrons. The van der Waals surface area contributed by atoms with Crippen LogP contribution in [0.15, 0.2) is 39.8 Å². The van der Waals surface area contributed by atoms with Crippen LogP contribution in [-0.4, -0.2) is 50.0 Å². The minimum atomic E-state index is -3.70. The lowest BCUT2D eigenvalue weighted by Gasteiger charge is -2.25. The molecule has 0 amide bonds. The van der Waals surface area contributed by atoms with Gasteiger partial charge in [-0.2, -0.15) is 4.31 Å². The van der Waals surface area contributed by atoms with Gasteiger partial charge in [0, 0.05) is 29.3 Å². The molecular weight excluding hydrogens is 431 g/mol. The van der Waals surface area contributed by atoms with Crippen LogP contribution in [-0.2, 0) is 26.1 Å². The SMILES string of the molecule is O=C(OCc1ccc(Br)cc1F)c1cc(S(=O)(=O)N2CCOCC2)c[nH]1. The number of aromatic nitrogens is 1. The number of hydrogen-bond donors (Lipinski definition) is 1. The van der Waals surface area contributed by atoms with Crippen molar-refractivity contribution in [3.63, 3.8) is 0 Å². The number of aromatic amines is 1. The van der Waals surface area contributed by atoms with Gasteiger partial charge in [-0.25, -0.2) is 17.6 Å². The van der Waals surface area contributed by atoms with Crippen LogP contribution < -0.4 is 0 Å². The third-order valence-electron chi connectivity index (χ3n) is 3.86. The van der Waals surface area contributed by atoms with Crippen molar-refractivity contribution >= 4 is 31.9 Å². The second-order valence-electron chi connectivity index (χ2n) is 5.58. The zero-order valence-electron chi connectivity index (χ0n) is 13.6. The molecule has 1 aliphatic heterocycles. The Hall–Kier alpha value is -1.75. The molecule has 0 saturated carbocycles. The third-order valence-corrected chi connectivity index (χ3v) is 6.23. The first-order chi connectivity index (χ1) is 12.4. The van der Waals surface area contributed by atoms with E-state index in [4.69, 9.17) is 9.47 Å². The molecule has 26 heavy (non-hydrogen) atoms. The molecular formula is C16H16BrFN2O5S. The largest absolute Gasteiger partial charge is 0.456 e. The molecule has 10 heteroatoms. The lowest BCUT2D eigenvalue weighted by molar-refractivity contribution is 0.0462. The van der Waals surface area contributed by atoms with Crippen molar-refractivity contribution in [3.05, 3.63) is 52.0 Å². The molecule has 1 aromatic heterocycles. The maximum absolute atomic E-state index is 13.7. The van der Waals surface area contributed by atoms with Gasteiger partial charge in [0.1, 0.15) is 23.0 Å². The fourth-order valence-electron chi connectivity index (χ4n) is 2.44. The van der Waals surface area contributed by atoms with Crippen LogP contribution in [0.4, 0.5) is 4.39 Å². The Morgan fingerprint density at radius 1 is 1.31 bits per heavy atom. The predicted molar refractivity (Wildman–Crippen MR) is 93.6 cm³/mol. The van der Waals surface area contributed by atoms with Crippen molar-refractivity contribution in [2.75, 3.05) is 26.3 Å². The molecule has 140 valence electrons. The summed E-state index contributed by atoms with van der Waals surface area (Å²) in [5, 5.41) is 0. The van der Waals surface area contributed by atoms with Crippen molar-refractivity contribution < 1.29 is 27.1 Å². The molecule has 1 saturated heterocycles. The van der Waals surface area contributed by atoms with Gasteiger partial charge in [0.15, 0.2) is 0 Å². The highest BCUT2D eigenvalue weighted by atomic mass is 79.9. The van der Waals surface area contributed by atoms with E-state index in [1.807, 2.05) is 0 Å². The van der Waals surface area contributed by atoms with E-state index in [-0.39, 0.29) is 35.8 Å². The monoisotopic (exact) mass is 446 g/mol. The molecule has 0 bridgehead atoms. The highest BCUT2D eigenvalue weighted by molar-refractivity contribution is 9.10. The average molecular weight is 447 g/mol. The number of hydrogen-bond acceptors (Lipinski definition) is 5. The quantitative estimate of drug-likeness (QED) is 0.711. The topological polar surface area (TPSA) is 88.7 Å². The molecule has 1 N–H and O–H groups in total. The molecule has 0 atom stereocenters. The van der Waals surface area contributed by atoms with Gasteiger partial charge in [0.25, 0.3) is 0 Å². The number of morpholine rings is 1. The van der Waals surface area contributed by atoms with Gasteiger partial charge >= 0.3 is 5.97 Å². The molecule has 0 spiro atoms. The van der Waals surface area contributed by atoms with Gasteiger partial charge in [0.2, 0.25) is 10.0 Å². The zero-order valence-corrected chi connectivity index (χ0v) is 16.0. The van der Waals surface area contributed by atoms with E-state index in [2.05, 4.69) is 20.9 Å². The number of nitrogens with zero attached hydrogens (tertiary/aromatic N) is 1. The van der Waals surface area contributed by atoms with Crippen LogP contribution in [0, 0.1) is 5.82 Å². The van der Waals surface area contributed by atoms with Crippen molar-refractivity contribution in [1.82, 2.24) is 9.29 Å². The van der Waals surface area contributed by atoms with Gasteiger partial charge in [-0.1, -0.05) is 22.0 Å². The van der Waals surface area contributed by atoms with Crippen LogP contribution in [0.25, 0.3) is 0 Å². The van der Waals surface area contributed by atoms with Crippen molar-refractivity contribution in [3.8, 4) is 0 Å². The molecule has 1 fully saturated rings. The van der Waals surface area contributed by atoms with Gasteiger partial charge in [0.05, 0.1) is 13.2 Å². The number of ether oxygens (including phenoxy) is 2.